The SMILES string of the molecule is COc1cccc(C(=O)NN2CC(O)=C(c3nc4ccccc4c(=O)[nH]3)C2=N)c1. The third-order valence-corrected chi connectivity index (χ3v) is 4.52. The molecule has 0 radical (unpaired) electrons. The van der Waals surface area contributed by atoms with E-state index in [2.05, 4.69) is 15.4 Å². The predicted molar refractivity (Wildman–Crippen MR) is 107 cm³/mol. The Morgan fingerprint density at radius 1 is 1.28 bits per heavy atom. The normalized spacial score (nSPS) is 13.8. The first kappa shape index (κ1) is 18.2. The highest BCUT2D eigenvalue weighted by Gasteiger charge is 2.31. The molecular weight excluding hydrogens is 374 g/mol. The zero-order chi connectivity index (χ0) is 20.5. The average Bonchev–Trinajstić information content (AvgIpc) is 3.01. The van der Waals surface area contributed by atoms with Gasteiger partial charge in [0.15, 0.2) is 5.84 Å². The van der Waals surface area contributed by atoms with Crippen LogP contribution in [0.4, 0.5) is 0 Å². The van der Waals surface area contributed by atoms with Gasteiger partial charge in [-0.3, -0.25) is 25.4 Å². The number of carbonyl (C=O) groups is 1. The number of carbonyl (C=O) groups excluding carboxylic acids is 1. The number of fused-ring (bicyclic) bond motifs is 1. The van der Waals surface area contributed by atoms with Gasteiger partial charge < -0.3 is 14.8 Å². The number of H-pyrrole nitrogens is 1. The number of benzene rings is 2. The summed E-state index contributed by atoms with van der Waals surface area (Å²) in [6.07, 6.45) is 0. The van der Waals surface area contributed by atoms with E-state index in [0.717, 1.165) is 0 Å². The summed E-state index contributed by atoms with van der Waals surface area (Å²) < 4.78 is 5.11. The van der Waals surface area contributed by atoms with Gasteiger partial charge in [0, 0.05) is 5.56 Å². The predicted octanol–water partition coefficient (Wildman–Crippen LogP) is 1.84. The van der Waals surface area contributed by atoms with Crippen molar-refractivity contribution in [3.05, 3.63) is 76.0 Å². The average molecular weight is 391 g/mol. The van der Waals surface area contributed by atoms with E-state index in [1.54, 1.807) is 48.5 Å². The molecule has 1 amide bonds. The maximum absolute atomic E-state index is 12.5. The van der Waals surface area contributed by atoms with Crippen LogP contribution in [0.5, 0.6) is 5.75 Å². The lowest BCUT2D eigenvalue weighted by Crippen LogP contribution is -2.44. The zero-order valence-electron chi connectivity index (χ0n) is 15.4. The molecule has 1 aromatic heterocycles. The summed E-state index contributed by atoms with van der Waals surface area (Å²) in [6.45, 7) is -0.125. The summed E-state index contributed by atoms with van der Waals surface area (Å²) in [6, 6.07) is 13.3. The fraction of sp³-hybridized carbons (Fsp3) is 0.100. The van der Waals surface area contributed by atoms with Gasteiger partial charge in [0.2, 0.25) is 0 Å². The molecule has 0 saturated heterocycles. The van der Waals surface area contributed by atoms with E-state index in [-0.39, 0.29) is 35.1 Å². The molecule has 2 aromatic carbocycles. The van der Waals surface area contributed by atoms with Crippen molar-refractivity contribution in [2.45, 2.75) is 0 Å². The highest BCUT2D eigenvalue weighted by atomic mass is 16.5. The molecule has 146 valence electrons. The number of methoxy groups -OCH3 is 1. The number of aliphatic hydroxyl groups excluding tert-OH is 1. The van der Waals surface area contributed by atoms with Gasteiger partial charge >= 0.3 is 0 Å². The Labute approximate surface area is 164 Å². The zero-order valence-corrected chi connectivity index (χ0v) is 15.4. The van der Waals surface area contributed by atoms with Crippen LogP contribution in [0.1, 0.15) is 16.2 Å². The number of aliphatic hydroxyl groups is 1. The maximum Gasteiger partial charge on any atom is 0.269 e. The van der Waals surface area contributed by atoms with Crippen molar-refractivity contribution >= 4 is 28.2 Å². The van der Waals surface area contributed by atoms with E-state index in [1.165, 1.54) is 12.1 Å². The molecule has 9 nitrogen and oxygen atoms in total. The quantitative estimate of drug-likeness (QED) is 0.537. The molecule has 0 spiro atoms. The number of amides is 1. The number of ether oxygens (including phenoxy) is 1. The molecule has 0 bridgehead atoms. The summed E-state index contributed by atoms with van der Waals surface area (Å²) in [5.41, 5.74) is 3.03. The number of hydrazine groups is 1. The van der Waals surface area contributed by atoms with Crippen LogP contribution < -0.4 is 15.7 Å². The number of nitrogens with zero attached hydrogens (tertiary/aromatic N) is 2. The summed E-state index contributed by atoms with van der Waals surface area (Å²) in [5.74, 6) is -0.248. The second kappa shape index (κ2) is 7.12. The Balaban J connectivity index is 1.60. The van der Waals surface area contributed by atoms with Crippen LogP contribution in [0.25, 0.3) is 16.5 Å². The van der Waals surface area contributed by atoms with Crippen molar-refractivity contribution in [2.24, 2.45) is 0 Å². The van der Waals surface area contributed by atoms with Crippen LogP contribution in [0.15, 0.2) is 59.1 Å². The molecule has 0 aliphatic carbocycles. The van der Waals surface area contributed by atoms with Gasteiger partial charge in [0.1, 0.15) is 22.9 Å². The number of hydrogen-bond acceptors (Lipinski definition) is 6. The number of para-hydroxylation sites is 1. The van der Waals surface area contributed by atoms with Crippen LogP contribution in [0.3, 0.4) is 0 Å². The van der Waals surface area contributed by atoms with Crippen molar-refractivity contribution in [3.8, 4) is 5.75 Å². The minimum atomic E-state index is -0.470. The Morgan fingerprint density at radius 3 is 2.86 bits per heavy atom. The van der Waals surface area contributed by atoms with Gasteiger partial charge in [0.25, 0.3) is 11.5 Å². The van der Waals surface area contributed by atoms with Crippen LogP contribution >= 0.6 is 0 Å². The molecule has 0 saturated carbocycles. The topological polar surface area (TPSA) is 131 Å². The number of aromatic nitrogens is 2. The number of hydrogen-bond donors (Lipinski definition) is 4. The van der Waals surface area contributed by atoms with E-state index in [4.69, 9.17) is 10.1 Å². The standard InChI is InChI=1S/C20H17N5O4/c1-29-12-6-4-5-11(9-12)19(27)24-25-10-15(26)16(17(25)21)18-22-14-8-3-2-7-13(14)20(28)23-18/h2-9,21,26H,10H2,1H3,(H,24,27)(H,22,23,28). The number of aromatic amines is 1. The van der Waals surface area contributed by atoms with Gasteiger partial charge in [-0.2, -0.15) is 0 Å². The molecule has 9 heteroatoms. The summed E-state index contributed by atoms with van der Waals surface area (Å²) >= 11 is 0. The highest BCUT2D eigenvalue weighted by molar-refractivity contribution is 6.23. The Bertz CT molecular complexity index is 1230. The van der Waals surface area contributed by atoms with E-state index in [9.17, 15) is 14.7 Å². The maximum atomic E-state index is 12.5. The molecule has 4 N–H and O–H groups in total. The lowest BCUT2D eigenvalue weighted by atomic mass is 10.2. The highest BCUT2D eigenvalue weighted by Crippen LogP contribution is 2.24. The molecule has 4 rings (SSSR count). The lowest BCUT2D eigenvalue weighted by Gasteiger charge is -2.19. The van der Waals surface area contributed by atoms with Gasteiger partial charge in [-0.25, -0.2) is 4.98 Å². The minimum absolute atomic E-state index is 0.0544. The Hall–Kier alpha value is -4.14. The first-order valence-corrected chi connectivity index (χ1v) is 8.71. The van der Waals surface area contributed by atoms with Crippen molar-refractivity contribution < 1.29 is 14.6 Å². The van der Waals surface area contributed by atoms with Crippen LogP contribution in [-0.4, -0.2) is 45.5 Å². The molecule has 0 fully saturated rings. The number of rotatable bonds is 4. The largest absolute Gasteiger partial charge is 0.509 e. The third-order valence-electron chi connectivity index (χ3n) is 4.52. The van der Waals surface area contributed by atoms with E-state index in [0.29, 0.717) is 22.2 Å². The number of amidine groups is 1. The minimum Gasteiger partial charge on any atom is -0.509 e. The molecule has 3 aromatic rings. The smallest absolute Gasteiger partial charge is 0.269 e. The van der Waals surface area contributed by atoms with E-state index in [1.807, 2.05) is 0 Å². The first-order chi connectivity index (χ1) is 14.0. The van der Waals surface area contributed by atoms with Gasteiger partial charge in [0.05, 0.1) is 24.6 Å². The summed E-state index contributed by atoms with van der Waals surface area (Å²) in [4.78, 5) is 31.8. The van der Waals surface area contributed by atoms with Crippen molar-refractivity contribution in [2.75, 3.05) is 13.7 Å². The first-order valence-electron chi connectivity index (χ1n) is 8.71. The van der Waals surface area contributed by atoms with Gasteiger partial charge in [-0.1, -0.05) is 18.2 Å². The summed E-state index contributed by atoms with van der Waals surface area (Å²) in [5, 5.41) is 20.3. The molecule has 1 aliphatic heterocycles. The molecule has 29 heavy (non-hydrogen) atoms. The second-order valence-electron chi connectivity index (χ2n) is 6.36. The molecule has 0 atom stereocenters. The fourth-order valence-corrected chi connectivity index (χ4v) is 3.08. The second-order valence-corrected chi connectivity index (χ2v) is 6.36. The monoisotopic (exact) mass is 391 g/mol. The fourth-order valence-electron chi connectivity index (χ4n) is 3.08. The molecule has 0 unspecified atom stereocenters. The summed E-state index contributed by atoms with van der Waals surface area (Å²) in [7, 11) is 1.50. The van der Waals surface area contributed by atoms with Crippen LogP contribution in [-0.2, 0) is 0 Å². The number of nitrogens with one attached hydrogen (secondary N) is 3. The van der Waals surface area contributed by atoms with Gasteiger partial charge in [-0.15, -0.1) is 0 Å². The van der Waals surface area contributed by atoms with Crippen molar-refractivity contribution in [3.63, 3.8) is 0 Å². The van der Waals surface area contributed by atoms with Crippen LogP contribution in [0.2, 0.25) is 0 Å². The molecule has 1 aliphatic rings. The Morgan fingerprint density at radius 2 is 2.07 bits per heavy atom. The lowest BCUT2D eigenvalue weighted by molar-refractivity contribution is 0.0874. The Kier molecular flexibility index (Phi) is 4.47. The third kappa shape index (κ3) is 3.29. The van der Waals surface area contributed by atoms with Crippen molar-refractivity contribution in [1.29, 1.82) is 5.41 Å². The van der Waals surface area contributed by atoms with E-state index >= 15 is 0 Å². The molecular formula is C20H17N5O4. The van der Waals surface area contributed by atoms with Crippen molar-refractivity contribution in [1.82, 2.24) is 20.4 Å². The molecule has 2 heterocycles. The van der Waals surface area contributed by atoms with Crippen LogP contribution in [0, 0.1) is 5.41 Å². The van der Waals surface area contributed by atoms with Gasteiger partial charge in [-0.05, 0) is 30.3 Å². The van der Waals surface area contributed by atoms with E-state index < -0.39 is 5.91 Å².